The molecule has 0 aliphatic carbocycles. The minimum atomic E-state index is -1.59. The number of nitrogens with one attached hydrogen (secondary N) is 2. The summed E-state index contributed by atoms with van der Waals surface area (Å²) < 4.78 is 5.30. The van der Waals surface area contributed by atoms with Crippen LogP contribution in [0.5, 0.6) is 0 Å². The van der Waals surface area contributed by atoms with Gasteiger partial charge in [0, 0.05) is 6.92 Å². The molecule has 0 saturated heterocycles. The van der Waals surface area contributed by atoms with Crippen molar-refractivity contribution in [1.29, 1.82) is 0 Å². The van der Waals surface area contributed by atoms with E-state index in [4.69, 9.17) is 9.84 Å². The second kappa shape index (κ2) is 9.71. The zero-order chi connectivity index (χ0) is 19.1. The Hall–Kier alpha value is -1.68. The third-order valence-electron chi connectivity index (χ3n) is 4.23. The fourth-order valence-corrected chi connectivity index (χ4v) is 2.54. The summed E-state index contributed by atoms with van der Waals surface area (Å²) in [6.07, 6.45) is -2.12. The number of hydrogen-bond donors (Lipinski definition) is 6. The molecule has 0 bridgehead atoms. The van der Waals surface area contributed by atoms with Crippen LogP contribution in [0, 0.1) is 5.92 Å². The molecule has 9 heteroatoms. The average molecular weight is 360 g/mol. The van der Waals surface area contributed by atoms with E-state index in [-0.39, 0.29) is 0 Å². The predicted octanol–water partition coefficient (Wildman–Crippen LogP) is -1.42. The Morgan fingerprint density at radius 1 is 1.36 bits per heavy atom. The number of carboxylic acid groups (broad SMARTS) is 1. The van der Waals surface area contributed by atoms with Gasteiger partial charge in [-0.2, -0.15) is 0 Å². The highest BCUT2D eigenvalue weighted by atomic mass is 16.5. The summed E-state index contributed by atoms with van der Waals surface area (Å²) in [5.41, 5.74) is 0. The minimum Gasteiger partial charge on any atom is -0.478 e. The van der Waals surface area contributed by atoms with E-state index in [1.54, 1.807) is 0 Å². The molecular formula is C16H28N2O7. The summed E-state index contributed by atoms with van der Waals surface area (Å²) >= 11 is 0. The molecule has 0 spiro atoms. The normalized spacial score (nSPS) is 26.8. The van der Waals surface area contributed by atoms with Crippen molar-refractivity contribution in [2.45, 2.75) is 57.6 Å². The van der Waals surface area contributed by atoms with Gasteiger partial charge < -0.3 is 35.8 Å². The number of amides is 1. The second-order valence-electron chi connectivity index (χ2n) is 6.33. The molecule has 6 N–H and O–H groups in total. The van der Waals surface area contributed by atoms with Crippen molar-refractivity contribution in [3.05, 3.63) is 11.8 Å². The second-order valence-corrected chi connectivity index (χ2v) is 6.33. The van der Waals surface area contributed by atoms with Gasteiger partial charge in [0.2, 0.25) is 11.7 Å². The number of rotatable bonds is 9. The van der Waals surface area contributed by atoms with E-state index in [1.165, 1.54) is 13.0 Å². The van der Waals surface area contributed by atoms with Gasteiger partial charge in [0.1, 0.15) is 18.3 Å². The van der Waals surface area contributed by atoms with E-state index in [1.807, 2.05) is 13.8 Å². The number of carbonyl (C=O) groups excluding carboxylic acids is 1. The molecule has 1 amide bonds. The fraction of sp³-hybridized carbons (Fsp3) is 0.750. The number of hydrogen-bond acceptors (Lipinski definition) is 7. The molecule has 0 aromatic rings. The van der Waals surface area contributed by atoms with Crippen molar-refractivity contribution in [2.75, 3.05) is 13.2 Å². The molecule has 1 unspecified atom stereocenters. The van der Waals surface area contributed by atoms with Gasteiger partial charge in [-0.05, 0) is 18.5 Å². The minimum absolute atomic E-state index is 0.314. The maximum Gasteiger partial charge on any atom is 0.370 e. The molecular weight excluding hydrogens is 332 g/mol. The van der Waals surface area contributed by atoms with Gasteiger partial charge in [0.05, 0.1) is 18.7 Å². The summed E-state index contributed by atoms with van der Waals surface area (Å²) in [7, 11) is 0. The van der Waals surface area contributed by atoms with E-state index in [9.17, 15) is 24.9 Å². The maximum atomic E-state index is 11.5. The zero-order valence-electron chi connectivity index (χ0n) is 14.7. The Balaban J connectivity index is 3.14. The van der Waals surface area contributed by atoms with Crippen LogP contribution in [0.4, 0.5) is 0 Å². The quantitative estimate of drug-likeness (QED) is 0.293. The number of carboxylic acids is 1. The predicted molar refractivity (Wildman–Crippen MR) is 88.5 cm³/mol. The SMILES string of the molecule is CCC(C)CN[C@H]1C=C(C(=O)O)O[C@@H]([C@H](O)[C@H](O)CO)[C@@H]1NC(C)=O. The molecule has 1 rings (SSSR count). The van der Waals surface area contributed by atoms with Crippen molar-refractivity contribution < 1.29 is 34.8 Å². The van der Waals surface area contributed by atoms with Crippen LogP contribution >= 0.6 is 0 Å². The lowest BCUT2D eigenvalue weighted by Crippen LogP contribution is -2.63. The number of aliphatic hydroxyl groups is 3. The Morgan fingerprint density at radius 2 is 2.00 bits per heavy atom. The van der Waals surface area contributed by atoms with Gasteiger partial charge in [0.25, 0.3) is 0 Å². The van der Waals surface area contributed by atoms with Crippen LogP contribution in [-0.4, -0.2) is 75.8 Å². The molecule has 0 aromatic carbocycles. The lowest BCUT2D eigenvalue weighted by molar-refractivity contribution is -0.146. The summed E-state index contributed by atoms with van der Waals surface area (Å²) in [6.45, 7) is 5.15. The van der Waals surface area contributed by atoms with Gasteiger partial charge >= 0.3 is 5.97 Å². The smallest absolute Gasteiger partial charge is 0.370 e. The summed E-state index contributed by atoms with van der Waals surface area (Å²) in [5.74, 6) is -1.80. The van der Waals surface area contributed by atoms with Gasteiger partial charge in [-0.25, -0.2) is 4.79 Å². The first-order valence-electron chi connectivity index (χ1n) is 8.30. The van der Waals surface area contributed by atoms with Crippen LogP contribution in [0.25, 0.3) is 0 Å². The van der Waals surface area contributed by atoms with Crippen LogP contribution in [0.15, 0.2) is 11.8 Å². The molecule has 1 aliphatic rings. The largest absolute Gasteiger partial charge is 0.478 e. The lowest BCUT2D eigenvalue weighted by Gasteiger charge is -2.40. The molecule has 0 saturated carbocycles. The first-order chi connectivity index (χ1) is 11.7. The van der Waals surface area contributed by atoms with Crippen molar-refractivity contribution in [1.82, 2.24) is 10.6 Å². The number of ether oxygens (including phenoxy) is 1. The van der Waals surface area contributed by atoms with Crippen LogP contribution in [-0.2, 0) is 14.3 Å². The first kappa shape index (κ1) is 21.4. The standard InChI is InChI=1S/C16H28N2O7/c1-4-8(2)6-17-10-5-12(16(23)24)25-15(13(10)18-9(3)20)14(22)11(21)7-19/h5,8,10-11,13-15,17,19,21-22H,4,6-7H2,1-3H3,(H,18,20)(H,23,24)/t8?,10-,11+,13+,14+,15+/m0/s1. The van der Waals surface area contributed by atoms with Crippen molar-refractivity contribution in [3.8, 4) is 0 Å². The Labute approximate surface area is 146 Å². The average Bonchev–Trinajstić information content (AvgIpc) is 2.58. The molecule has 1 aliphatic heterocycles. The fourth-order valence-electron chi connectivity index (χ4n) is 2.54. The van der Waals surface area contributed by atoms with Crippen LogP contribution in [0.3, 0.4) is 0 Å². The summed E-state index contributed by atoms with van der Waals surface area (Å²) in [6, 6.07) is -1.44. The molecule has 1 heterocycles. The maximum absolute atomic E-state index is 11.5. The van der Waals surface area contributed by atoms with E-state index in [0.717, 1.165) is 6.42 Å². The Bertz CT molecular complexity index is 497. The number of aliphatic hydroxyl groups excluding tert-OH is 3. The van der Waals surface area contributed by atoms with Crippen LogP contribution in [0.2, 0.25) is 0 Å². The van der Waals surface area contributed by atoms with Crippen LogP contribution < -0.4 is 10.6 Å². The summed E-state index contributed by atoms with van der Waals surface area (Å²) in [4.78, 5) is 22.9. The van der Waals surface area contributed by atoms with Gasteiger partial charge in [-0.15, -0.1) is 0 Å². The Kier molecular flexibility index (Phi) is 8.30. The highest BCUT2D eigenvalue weighted by Crippen LogP contribution is 2.23. The molecule has 0 radical (unpaired) electrons. The molecule has 9 nitrogen and oxygen atoms in total. The number of carbonyl (C=O) groups is 2. The highest BCUT2D eigenvalue weighted by Gasteiger charge is 2.43. The molecule has 25 heavy (non-hydrogen) atoms. The highest BCUT2D eigenvalue weighted by molar-refractivity contribution is 5.84. The van der Waals surface area contributed by atoms with E-state index >= 15 is 0 Å². The molecule has 6 atom stereocenters. The van der Waals surface area contributed by atoms with Crippen molar-refractivity contribution in [3.63, 3.8) is 0 Å². The van der Waals surface area contributed by atoms with E-state index in [2.05, 4.69) is 10.6 Å². The lowest BCUT2D eigenvalue weighted by atomic mass is 9.91. The van der Waals surface area contributed by atoms with Crippen molar-refractivity contribution >= 4 is 11.9 Å². The van der Waals surface area contributed by atoms with E-state index < -0.39 is 54.6 Å². The van der Waals surface area contributed by atoms with Gasteiger partial charge in [-0.1, -0.05) is 20.3 Å². The van der Waals surface area contributed by atoms with Crippen LogP contribution in [0.1, 0.15) is 27.2 Å². The van der Waals surface area contributed by atoms with E-state index in [0.29, 0.717) is 12.5 Å². The third kappa shape index (κ3) is 5.96. The Morgan fingerprint density at radius 3 is 2.48 bits per heavy atom. The number of aliphatic carboxylic acids is 1. The molecule has 0 fully saturated rings. The van der Waals surface area contributed by atoms with Crippen molar-refractivity contribution in [2.24, 2.45) is 5.92 Å². The van der Waals surface area contributed by atoms with Gasteiger partial charge in [-0.3, -0.25) is 4.79 Å². The molecule has 144 valence electrons. The van der Waals surface area contributed by atoms with Gasteiger partial charge in [0.15, 0.2) is 0 Å². The topological polar surface area (TPSA) is 148 Å². The monoisotopic (exact) mass is 360 g/mol. The first-order valence-corrected chi connectivity index (χ1v) is 8.30. The summed E-state index contributed by atoms with van der Waals surface area (Å²) in [5, 5.41) is 44.0. The third-order valence-corrected chi connectivity index (χ3v) is 4.23. The zero-order valence-corrected chi connectivity index (χ0v) is 14.7. The molecule has 0 aromatic heterocycles.